The van der Waals surface area contributed by atoms with E-state index < -0.39 is 0 Å². The van der Waals surface area contributed by atoms with Gasteiger partial charge >= 0.3 is 0 Å². The summed E-state index contributed by atoms with van der Waals surface area (Å²) >= 11 is 5.98. The number of aliphatic hydroxyl groups is 1. The van der Waals surface area contributed by atoms with Crippen molar-refractivity contribution in [3.63, 3.8) is 0 Å². The Morgan fingerprint density at radius 1 is 1.17 bits per heavy atom. The van der Waals surface area contributed by atoms with Crippen molar-refractivity contribution in [1.82, 2.24) is 4.90 Å². The van der Waals surface area contributed by atoms with Gasteiger partial charge in [0.2, 0.25) is 0 Å². The van der Waals surface area contributed by atoms with Crippen LogP contribution in [0.25, 0.3) is 0 Å². The summed E-state index contributed by atoms with van der Waals surface area (Å²) in [4.78, 5) is 2.11. The van der Waals surface area contributed by atoms with E-state index in [1.54, 1.807) is 0 Å². The van der Waals surface area contributed by atoms with Crippen LogP contribution < -0.4 is 4.74 Å². The maximum atomic E-state index is 8.55. The van der Waals surface area contributed by atoms with E-state index in [9.17, 15) is 0 Å². The second-order valence-electron chi connectivity index (χ2n) is 3.92. The van der Waals surface area contributed by atoms with Crippen molar-refractivity contribution >= 4 is 11.6 Å². The third-order valence-electron chi connectivity index (χ3n) is 2.42. The highest BCUT2D eigenvalue weighted by atomic mass is 35.5. The SMILES string of the molecule is CN(CCOCCO)CCOc1ccccc1Cl. The molecule has 0 aliphatic heterocycles. The predicted molar refractivity (Wildman–Crippen MR) is 72.3 cm³/mol. The average molecular weight is 274 g/mol. The zero-order valence-electron chi connectivity index (χ0n) is 10.6. The third-order valence-corrected chi connectivity index (χ3v) is 2.73. The van der Waals surface area contributed by atoms with Crippen molar-refractivity contribution < 1.29 is 14.6 Å². The molecular weight excluding hydrogens is 254 g/mol. The summed E-state index contributed by atoms with van der Waals surface area (Å²) in [6.45, 7) is 3.27. The first-order valence-electron chi connectivity index (χ1n) is 5.98. The Labute approximate surface area is 113 Å². The fourth-order valence-corrected chi connectivity index (χ4v) is 1.56. The van der Waals surface area contributed by atoms with Gasteiger partial charge in [0.05, 0.1) is 24.8 Å². The summed E-state index contributed by atoms with van der Waals surface area (Å²) in [5.41, 5.74) is 0. The van der Waals surface area contributed by atoms with Crippen LogP contribution in [0.4, 0.5) is 0 Å². The molecule has 0 unspecified atom stereocenters. The van der Waals surface area contributed by atoms with E-state index in [4.69, 9.17) is 26.2 Å². The lowest BCUT2D eigenvalue weighted by atomic mass is 10.3. The number of nitrogens with zero attached hydrogens (tertiary/aromatic N) is 1. The molecule has 1 N–H and O–H groups in total. The van der Waals surface area contributed by atoms with Gasteiger partial charge in [-0.15, -0.1) is 0 Å². The number of rotatable bonds is 9. The molecule has 0 aromatic heterocycles. The average Bonchev–Trinajstić information content (AvgIpc) is 2.37. The number of para-hydroxylation sites is 1. The van der Waals surface area contributed by atoms with Gasteiger partial charge < -0.3 is 19.5 Å². The molecule has 1 rings (SSSR count). The van der Waals surface area contributed by atoms with Gasteiger partial charge in [-0.3, -0.25) is 0 Å². The van der Waals surface area contributed by atoms with Gasteiger partial charge in [-0.1, -0.05) is 23.7 Å². The van der Waals surface area contributed by atoms with Gasteiger partial charge in [-0.05, 0) is 19.2 Å². The Morgan fingerprint density at radius 2 is 1.89 bits per heavy atom. The van der Waals surface area contributed by atoms with Crippen LogP contribution in [0.3, 0.4) is 0 Å². The van der Waals surface area contributed by atoms with Crippen LogP contribution in [-0.4, -0.2) is 56.6 Å². The van der Waals surface area contributed by atoms with Crippen molar-refractivity contribution in [1.29, 1.82) is 0 Å². The number of likely N-dealkylation sites (N-methyl/N-ethyl adjacent to an activating group) is 1. The Hall–Kier alpha value is -0.810. The Balaban J connectivity index is 2.12. The third kappa shape index (κ3) is 6.21. The minimum atomic E-state index is 0.0688. The van der Waals surface area contributed by atoms with E-state index in [1.165, 1.54) is 0 Å². The highest BCUT2D eigenvalue weighted by Gasteiger charge is 2.01. The van der Waals surface area contributed by atoms with E-state index in [1.807, 2.05) is 31.3 Å². The number of hydrogen-bond acceptors (Lipinski definition) is 4. The first-order chi connectivity index (χ1) is 8.74. The van der Waals surface area contributed by atoms with Crippen molar-refractivity contribution in [2.45, 2.75) is 0 Å². The van der Waals surface area contributed by atoms with Crippen LogP contribution in [0.5, 0.6) is 5.75 Å². The first-order valence-corrected chi connectivity index (χ1v) is 6.36. The molecule has 0 saturated carbocycles. The minimum Gasteiger partial charge on any atom is -0.491 e. The smallest absolute Gasteiger partial charge is 0.137 e. The van der Waals surface area contributed by atoms with Crippen LogP contribution >= 0.6 is 11.6 Å². The summed E-state index contributed by atoms with van der Waals surface area (Å²) in [7, 11) is 2.00. The minimum absolute atomic E-state index is 0.0688. The van der Waals surface area contributed by atoms with Crippen molar-refractivity contribution in [2.24, 2.45) is 0 Å². The summed E-state index contributed by atoms with van der Waals surface area (Å²) in [5.74, 6) is 0.712. The molecule has 1 aromatic carbocycles. The molecule has 1 aromatic rings. The van der Waals surface area contributed by atoms with E-state index in [0.29, 0.717) is 30.6 Å². The van der Waals surface area contributed by atoms with Crippen molar-refractivity contribution in [2.75, 3.05) is 46.6 Å². The Morgan fingerprint density at radius 3 is 2.61 bits per heavy atom. The first kappa shape index (κ1) is 15.2. The maximum absolute atomic E-state index is 8.55. The zero-order valence-corrected chi connectivity index (χ0v) is 11.4. The molecule has 0 aliphatic rings. The van der Waals surface area contributed by atoms with Gasteiger partial charge in [-0.25, -0.2) is 0 Å². The molecule has 0 fully saturated rings. The fourth-order valence-electron chi connectivity index (χ4n) is 1.37. The monoisotopic (exact) mass is 273 g/mol. The molecule has 0 radical (unpaired) electrons. The van der Waals surface area contributed by atoms with Gasteiger partial charge in [0, 0.05) is 13.1 Å². The summed E-state index contributed by atoms with van der Waals surface area (Å²) in [5, 5.41) is 9.18. The van der Waals surface area contributed by atoms with E-state index in [2.05, 4.69) is 4.90 Å². The lowest BCUT2D eigenvalue weighted by Gasteiger charge is -2.17. The Kier molecular flexibility index (Phi) is 7.76. The second kappa shape index (κ2) is 9.16. The molecule has 0 bridgehead atoms. The van der Waals surface area contributed by atoms with Crippen LogP contribution in [0.15, 0.2) is 24.3 Å². The standard InChI is InChI=1S/C13H20ClNO3/c1-15(6-9-17-11-8-16)7-10-18-13-5-3-2-4-12(13)14/h2-5,16H,6-11H2,1H3. The molecule has 0 aliphatic carbocycles. The molecule has 0 spiro atoms. The lowest BCUT2D eigenvalue weighted by Crippen LogP contribution is -2.28. The van der Waals surface area contributed by atoms with Crippen LogP contribution in [0.2, 0.25) is 5.02 Å². The van der Waals surface area contributed by atoms with E-state index in [0.717, 1.165) is 13.1 Å². The van der Waals surface area contributed by atoms with E-state index in [-0.39, 0.29) is 6.61 Å². The van der Waals surface area contributed by atoms with Crippen molar-refractivity contribution in [3.8, 4) is 5.75 Å². The summed E-state index contributed by atoms with van der Waals surface area (Å²) in [6, 6.07) is 7.43. The van der Waals surface area contributed by atoms with Crippen LogP contribution in [0.1, 0.15) is 0 Å². The molecule has 4 nitrogen and oxygen atoms in total. The highest BCUT2D eigenvalue weighted by molar-refractivity contribution is 6.32. The van der Waals surface area contributed by atoms with Crippen LogP contribution in [-0.2, 0) is 4.74 Å². The number of benzene rings is 1. The summed E-state index contributed by atoms with van der Waals surface area (Å²) in [6.07, 6.45) is 0. The lowest BCUT2D eigenvalue weighted by molar-refractivity contribution is 0.0760. The maximum Gasteiger partial charge on any atom is 0.137 e. The van der Waals surface area contributed by atoms with E-state index >= 15 is 0 Å². The molecule has 5 heteroatoms. The quantitative estimate of drug-likeness (QED) is 0.695. The Bertz CT molecular complexity index is 336. The predicted octanol–water partition coefficient (Wildman–Crippen LogP) is 1.66. The topological polar surface area (TPSA) is 41.9 Å². The van der Waals surface area contributed by atoms with Crippen molar-refractivity contribution in [3.05, 3.63) is 29.3 Å². The molecule has 0 atom stereocenters. The highest BCUT2D eigenvalue weighted by Crippen LogP contribution is 2.22. The zero-order chi connectivity index (χ0) is 13.2. The number of halogens is 1. The molecule has 0 heterocycles. The fraction of sp³-hybridized carbons (Fsp3) is 0.538. The normalized spacial score (nSPS) is 10.9. The molecule has 102 valence electrons. The second-order valence-corrected chi connectivity index (χ2v) is 4.33. The molecule has 0 saturated heterocycles. The van der Waals surface area contributed by atoms with Crippen LogP contribution in [0, 0.1) is 0 Å². The number of ether oxygens (including phenoxy) is 2. The van der Waals surface area contributed by atoms with Gasteiger partial charge in [0.15, 0.2) is 0 Å². The largest absolute Gasteiger partial charge is 0.491 e. The molecule has 0 amide bonds. The molecular formula is C13H20ClNO3. The van der Waals surface area contributed by atoms with Gasteiger partial charge in [0.1, 0.15) is 12.4 Å². The summed E-state index contributed by atoms with van der Waals surface area (Å²) < 4.78 is 10.8. The van der Waals surface area contributed by atoms with Gasteiger partial charge in [-0.2, -0.15) is 0 Å². The van der Waals surface area contributed by atoms with Gasteiger partial charge in [0.25, 0.3) is 0 Å². The molecule has 18 heavy (non-hydrogen) atoms. The number of hydrogen-bond donors (Lipinski definition) is 1. The number of aliphatic hydroxyl groups excluding tert-OH is 1.